The molecule has 1 aliphatic heterocycles. The predicted molar refractivity (Wildman–Crippen MR) is 170 cm³/mol. The third-order valence-corrected chi connectivity index (χ3v) is 8.48. The molecule has 0 fully saturated rings. The van der Waals surface area contributed by atoms with Gasteiger partial charge in [-0.05, 0) is 73.4 Å². The summed E-state index contributed by atoms with van der Waals surface area (Å²) in [5.74, 6) is 0.0582. The summed E-state index contributed by atoms with van der Waals surface area (Å²) in [5.41, 5.74) is 4.02. The molecule has 0 spiro atoms. The second-order valence-electron chi connectivity index (χ2n) is 10.5. The van der Waals surface area contributed by atoms with Crippen molar-refractivity contribution in [1.82, 2.24) is 9.80 Å². The van der Waals surface area contributed by atoms with Crippen molar-refractivity contribution in [2.45, 2.75) is 39.2 Å². The molecule has 0 saturated heterocycles. The van der Waals surface area contributed by atoms with Crippen molar-refractivity contribution in [3.63, 3.8) is 0 Å². The number of esters is 1. The number of allylic oxidation sites excluding steroid dienone is 1. The highest BCUT2D eigenvalue weighted by molar-refractivity contribution is 6.42. The molecule has 0 radical (unpaired) electrons. The molecule has 3 aromatic carbocycles. The van der Waals surface area contributed by atoms with Crippen molar-refractivity contribution < 1.29 is 28.6 Å². The summed E-state index contributed by atoms with van der Waals surface area (Å²) in [6.45, 7) is 4.45. The molecule has 0 N–H and O–H groups in total. The predicted octanol–water partition coefficient (Wildman–Crippen LogP) is 6.68. The molecule has 0 aliphatic carbocycles. The van der Waals surface area contributed by atoms with Crippen LogP contribution >= 0.6 is 23.2 Å². The number of likely N-dealkylation sites (N-methyl/N-ethyl adjacent to an activating group) is 1. The summed E-state index contributed by atoms with van der Waals surface area (Å²) in [5, 5.41) is 0.741. The van der Waals surface area contributed by atoms with E-state index in [1.165, 1.54) is 0 Å². The fraction of sp³-hybridized carbons (Fsp3) is 0.324. The SMILES string of the molecule is CCOC(=O)C1=C(C)N(Cc2ccc(C(=O)N(C)CCc3ccc(OC)c(OC)c3)cc2)C(=O)CC1c1ccc(Cl)c(Cl)c1. The summed E-state index contributed by atoms with van der Waals surface area (Å²) in [6, 6.07) is 18.0. The molecule has 4 rings (SSSR count). The Morgan fingerprint density at radius 3 is 2.25 bits per heavy atom. The number of hydrogen-bond acceptors (Lipinski definition) is 6. The van der Waals surface area contributed by atoms with Gasteiger partial charge < -0.3 is 24.0 Å². The molecule has 232 valence electrons. The van der Waals surface area contributed by atoms with Crippen LogP contribution < -0.4 is 9.47 Å². The van der Waals surface area contributed by atoms with E-state index < -0.39 is 11.9 Å². The number of carbonyl (C=O) groups is 3. The van der Waals surface area contributed by atoms with Crippen LogP contribution in [0.15, 0.2) is 71.9 Å². The number of hydrogen-bond donors (Lipinski definition) is 0. The fourth-order valence-electron chi connectivity index (χ4n) is 5.28. The van der Waals surface area contributed by atoms with Gasteiger partial charge in [0.2, 0.25) is 5.91 Å². The first kappa shape index (κ1) is 32.9. The van der Waals surface area contributed by atoms with E-state index in [4.69, 9.17) is 37.4 Å². The molecule has 8 nitrogen and oxygen atoms in total. The summed E-state index contributed by atoms with van der Waals surface area (Å²) in [6.07, 6.45) is 0.722. The lowest BCUT2D eigenvalue weighted by molar-refractivity contribution is -0.140. The highest BCUT2D eigenvalue weighted by Gasteiger charge is 2.37. The molecule has 0 bridgehead atoms. The van der Waals surface area contributed by atoms with Crippen LogP contribution in [0.2, 0.25) is 10.0 Å². The van der Waals surface area contributed by atoms with Crippen molar-refractivity contribution in [2.24, 2.45) is 0 Å². The summed E-state index contributed by atoms with van der Waals surface area (Å²) in [7, 11) is 4.94. The number of amides is 2. The maximum atomic E-state index is 13.4. The van der Waals surface area contributed by atoms with E-state index in [-0.39, 0.29) is 31.4 Å². The molecular formula is C34H36Cl2N2O6. The van der Waals surface area contributed by atoms with Crippen molar-refractivity contribution in [1.29, 1.82) is 0 Å². The summed E-state index contributed by atoms with van der Waals surface area (Å²) >= 11 is 12.4. The van der Waals surface area contributed by atoms with Crippen LogP contribution in [0.25, 0.3) is 0 Å². The maximum Gasteiger partial charge on any atom is 0.336 e. The van der Waals surface area contributed by atoms with Gasteiger partial charge in [0.25, 0.3) is 5.91 Å². The Balaban J connectivity index is 1.48. The molecule has 2 amide bonds. The Morgan fingerprint density at radius 2 is 1.61 bits per heavy atom. The highest BCUT2D eigenvalue weighted by atomic mass is 35.5. The number of methoxy groups -OCH3 is 2. The zero-order valence-corrected chi connectivity index (χ0v) is 27.0. The molecule has 1 heterocycles. The first-order valence-electron chi connectivity index (χ1n) is 14.3. The lowest BCUT2D eigenvalue weighted by atomic mass is 9.83. The molecule has 0 saturated carbocycles. The van der Waals surface area contributed by atoms with Gasteiger partial charge in [-0.1, -0.05) is 47.5 Å². The molecule has 1 unspecified atom stereocenters. The number of benzene rings is 3. The molecule has 0 aromatic heterocycles. The van der Waals surface area contributed by atoms with Gasteiger partial charge in [-0.2, -0.15) is 0 Å². The smallest absolute Gasteiger partial charge is 0.336 e. The minimum atomic E-state index is -0.512. The topological polar surface area (TPSA) is 85.4 Å². The summed E-state index contributed by atoms with van der Waals surface area (Å²) in [4.78, 5) is 42.9. The van der Waals surface area contributed by atoms with Gasteiger partial charge in [-0.15, -0.1) is 0 Å². The quantitative estimate of drug-likeness (QED) is 0.218. The lowest BCUT2D eigenvalue weighted by Gasteiger charge is -2.34. The van der Waals surface area contributed by atoms with Crippen LogP contribution in [0.5, 0.6) is 11.5 Å². The van der Waals surface area contributed by atoms with E-state index in [9.17, 15) is 14.4 Å². The van der Waals surface area contributed by atoms with Crippen molar-refractivity contribution in [2.75, 3.05) is 34.4 Å². The van der Waals surface area contributed by atoms with Crippen LogP contribution in [0.4, 0.5) is 0 Å². The van der Waals surface area contributed by atoms with E-state index in [0.29, 0.717) is 56.9 Å². The third kappa shape index (κ3) is 7.37. The summed E-state index contributed by atoms with van der Waals surface area (Å²) < 4.78 is 16.0. The second-order valence-corrected chi connectivity index (χ2v) is 11.3. The minimum Gasteiger partial charge on any atom is -0.493 e. The standard InChI is InChI=1S/C34H36Cl2N2O6/c1-6-44-34(41)32-21(2)38(31(39)19-26(32)25-12-13-27(35)28(36)18-25)20-23-7-10-24(11-8-23)33(40)37(3)16-15-22-9-14-29(42-4)30(17-22)43-5/h7-14,17-18,26H,6,15-16,19-20H2,1-5H3. The average molecular weight is 640 g/mol. The third-order valence-electron chi connectivity index (χ3n) is 7.74. The molecule has 1 atom stereocenters. The Morgan fingerprint density at radius 1 is 0.932 bits per heavy atom. The number of ether oxygens (including phenoxy) is 3. The Bertz CT molecular complexity index is 1570. The van der Waals surface area contributed by atoms with Crippen molar-refractivity contribution in [3.05, 3.63) is 104 Å². The number of rotatable bonds is 11. The maximum absolute atomic E-state index is 13.4. The average Bonchev–Trinajstić information content (AvgIpc) is 3.02. The van der Waals surface area contributed by atoms with E-state index in [0.717, 1.165) is 11.1 Å². The van der Waals surface area contributed by atoms with E-state index in [2.05, 4.69) is 0 Å². The zero-order chi connectivity index (χ0) is 32.0. The molecule has 1 aliphatic rings. The van der Waals surface area contributed by atoms with E-state index >= 15 is 0 Å². The van der Waals surface area contributed by atoms with Crippen LogP contribution in [0, 0.1) is 0 Å². The van der Waals surface area contributed by atoms with Crippen molar-refractivity contribution in [3.8, 4) is 11.5 Å². The van der Waals surface area contributed by atoms with Gasteiger partial charge in [0.15, 0.2) is 11.5 Å². The van der Waals surface area contributed by atoms with E-state index in [1.807, 2.05) is 30.3 Å². The van der Waals surface area contributed by atoms with Crippen molar-refractivity contribution >= 4 is 41.0 Å². The second kappa shape index (κ2) is 14.6. The number of halogens is 2. The van der Waals surface area contributed by atoms with Gasteiger partial charge in [-0.25, -0.2) is 4.79 Å². The zero-order valence-electron chi connectivity index (χ0n) is 25.5. The number of carbonyl (C=O) groups excluding carboxylic acids is 3. The lowest BCUT2D eigenvalue weighted by Crippen LogP contribution is -2.38. The van der Waals surface area contributed by atoms with Gasteiger partial charge in [0.05, 0.1) is 43.0 Å². The first-order valence-corrected chi connectivity index (χ1v) is 15.0. The Kier molecular flexibility index (Phi) is 10.9. The van der Waals surface area contributed by atoms with E-state index in [1.54, 1.807) is 75.2 Å². The Hall–Kier alpha value is -4.01. The molecule has 10 heteroatoms. The van der Waals surface area contributed by atoms with Crippen LogP contribution in [-0.4, -0.2) is 62.0 Å². The first-order chi connectivity index (χ1) is 21.1. The van der Waals surface area contributed by atoms with Gasteiger partial charge >= 0.3 is 5.97 Å². The molecule has 3 aromatic rings. The van der Waals surface area contributed by atoms with Gasteiger partial charge in [0.1, 0.15) is 0 Å². The van der Waals surface area contributed by atoms with Gasteiger partial charge in [-0.3, -0.25) is 9.59 Å². The van der Waals surface area contributed by atoms with Gasteiger partial charge in [0, 0.05) is 37.2 Å². The number of nitrogens with zero attached hydrogens (tertiary/aromatic N) is 2. The van der Waals surface area contributed by atoms with Crippen LogP contribution in [0.1, 0.15) is 53.2 Å². The molecular weight excluding hydrogens is 603 g/mol. The highest BCUT2D eigenvalue weighted by Crippen LogP contribution is 2.39. The monoisotopic (exact) mass is 638 g/mol. The Labute approximate surface area is 268 Å². The van der Waals surface area contributed by atoms with Crippen LogP contribution in [-0.2, 0) is 27.3 Å². The normalized spacial score (nSPS) is 14.8. The largest absolute Gasteiger partial charge is 0.493 e. The minimum absolute atomic E-state index is 0.0743. The fourth-order valence-corrected chi connectivity index (χ4v) is 5.59. The molecule has 44 heavy (non-hydrogen) atoms. The van der Waals surface area contributed by atoms with Crippen LogP contribution in [0.3, 0.4) is 0 Å².